The summed E-state index contributed by atoms with van der Waals surface area (Å²) in [5.41, 5.74) is 7.91. The molecule has 114 valence electrons. The zero-order chi connectivity index (χ0) is 15.2. The molecule has 1 unspecified atom stereocenters. The zero-order valence-electron chi connectivity index (χ0n) is 12.6. The van der Waals surface area contributed by atoms with E-state index >= 15 is 0 Å². The fraction of sp³-hybridized carbons (Fsp3) is 0.438. The van der Waals surface area contributed by atoms with Crippen molar-refractivity contribution in [3.63, 3.8) is 0 Å². The van der Waals surface area contributed by atoms with Crippen LogP contribution < -0.4 is 11.1 Å². The van der Waals surface area contributed by atoms with E-state index in [1.807, 2.05) is 35.9 Å². The van der Waals surface area contributed by atoms with Gasteiger partial charge in [-0.25, -0.2) is 0 Å². The van der Waals surface area contributed by atoms with E-state index in [2.05, 4.69) is 11.4 Å². The van der Waals surface area contributed by atoms with Crippen molar-refractivity contribution < 1.29 is 9.53 Å². The van der Waals surface area contributed by atoms with Gasteiger partial charge < -0.3 is 20.4 Å². The molecule has 0 bridgehead atoms. The van der Waals surface area contributed by atoms with E-state index in [4.69, 9.17) is 10.5 Å². The van der Waals surface area contributed by atoms with Gasteiger partial charge in [0.05, 0.1) is 6.61 Å². The van der Waals surface area contributed by atoms with Gasteiger partial charge in [-0.1, -0.05) is 18.2 Å². The van der Waals surface area contributed by atoms with Crippen LogP contribution in [0.1, 0.15) is 12.5 Å². The number of ether oxygens (including phenoxy) is 1. The third kappa shape index (κ3) is 3.83. The van der Waals surface area contributed by atoms with Crippen LogP contribution in [0.3, 0.4) is 0 Å². The van der Waals surface area contributed by atoms with Crippen molar-refractivity contribution in [1.82, 2.24) is 9.88 Å². The average molecular weight is 289 g/mol. The second-order valence-electron chi connectivity index (χ2n) is 5.26. The summed E-state index contributed by atoms with van der Waals surface area (Å²) in [5.74, 6) is -0.0143. The molecule has 2 aromatic rings. The first kappa shape index (κ1) is 15.5. The van der Waals surface area contributed by atoms with Gasteiger partial charge in [0.25, 0.3) is 0 Å². The maximum atomic E-state index is 12.1. The third-order valence-corrected chi connectivity index (χ3v) is 3.42. The Balaban J connectivity index is 2.16. The van der Waals surface area contributed by atoms with Crippen LogP contribution in [0.15, 0.2) is 30.5 Å². The highest BCUT2D eigenvalue weighted by Crippen LogP contribution is 2.21. The number of para-hydroxylation sites is 1. The first-order valence-corrected chi connectivity index (χ1v) is 7.20. The second-order valence-corrected chi connectivity index (χ2v) is 5.26. The fourth-order valence-corrected chi connectivity index (χ4v) is 2.58. The fourth-order valence-electron chi connectivity index (χ4n) is 2.58. The van der Waals surface area contributed by atoms with Gasteiger partial charge in [-0.2, -0.15) is 0 Å². The first-order chi connectivity index (χ1) is 10.2. The van der Waals surface area contributed by atoms with Crippen LogP contribution in [0.4, 0.5) is 0 Å². The first-order valence-electron chi connectivity index (χ1n) is 7.20. The summed E-state index contributed by atoms with van der Waals surface area (Å²) in [4.78, 5) is 12.1. The van der Waals surface area contributed by atoms with E-state index in [1.54, 1.807) is 7.11 Å². The van der Waals surface area contributed by atoms with Crippen LogP contribution >= 0.6 is 0 Å². The maximum absolute atomic E-state index is 12.1. The predicted octanol–water partition coefficient (Wildman–Crippen LogP) is 1.29. The Kier molecular flexibility index (Phi) is 5.36. The van der Waals surface area contributed by atoms with E-state index in [-0.39, 0.29) is 11.9 Å². The molecule has 0 aliphatic rings. The molecule has 1 atom stereocenters. The van der Waals surface area contributed by atoms with Crippen LogP contribution in [0.2, 0.25) is 0 Å². The summed E-state index contributed by atoms with van der Waals surface area (Å²) >= 11 is 0. The van der Waals surface area contributed by atoms with Crippen molar-refractivity contribution in [3.8, 4) is 0 Å². The van der Waals surface area contributed by atoms with E-state index in [9.17, 15) is 4.79 Å². The smallest absolute Gasteiger partial charge is 0.240 e. The molecular weight excluding hydrogens is 266 g/mol. The van der Waals surface area contributed by atoms with Crippen LogP contribution in [0.25, 0.3) is 10.9 Å². The monoisotopic (exact) mass is 289 g/mol. The lowest BCUT2D eigenvalue weighted by molar-refractivity contribution is -0.122. The van der Waals surface area contributed by atoms with Crippen molar-refractivity contribution in [2.45, 2.75) is 25.9 Å². The summed E-state index contributed by atoms with van der Waals surface area (Å²) < 4.78 is 7.01. The summed E-state index contributed by atoms with van der Waals surface area (Å²) in [6, 6.07) is 8.10. The minimum atomic E-state index is -0.0143. The molecule has 0 saturated carbocycles. The van der Waals surface area contributed by atoms with Crippen LogP contribution in [0, 0.1) is 0 Å². The van der Waals surface area contributed by atoms with E-state index in [1.165, 1.54) is 10.9 Å². The number of methoxy groups -OCH3 is 1. The minimum absolute atomic E-state index is 0.00726. The molecular formula is C16H23N3O2. The maximum Gasteiger partial charge on any atom is 0.240 e. The van der Waals surface area contributed by atoms with Crippen molar-refractivity contribution in [1.29, 1.82) is 0 Å². The van der Waals surface area contributed by atoms with Crippen molar-refractivity contribution >= 4 is 16.8 Å². The van der Waals surface area contributed by atoms with Crippen LogP contribution in [-0.2, 0) is 22.5 Å². The Morgan fingerprint density at radius 2 is 2.19 bits per heavy atom. The van der Waals surface area contributed by atoms with E-state index in [0.717, 1.165) is 11.9 Å². The van der Waals surface area contributed by atoms with Crippen molar-refractivity contribution in [2.75, 3.05) is 20.3 Å². The SMILES string of the molecule is COCC(C)NC(=O)Cn1cc(CCN)c2ccccc21. The molecule has 5 nitrogen and oxygen atoms in total. The molecule has 0 radical (unpaired) electrons. The summed E-state index contributed by atoms with van der Waals surface area (Å²) in [5, 5.41) is 4.09. The van der Waals surface area contributed by atoms with Gasteiger partial charge >= 0.3 is 0 Å². The highest BCUT2D eigenvalue weighted by Gasteiger charge is 2.12. The Morgan fingerprint density at radius 3 is 2.90 bits per heavy atom. The summed E-state index contributed by atoms with van der Waals surface area (Å²) in [7, 11) is 1.63. The number of carbonyl (C=O) groups excluding carboxylic acids is 1. The number of nitrogens with one attached hydrogen (secondary N) is 1. The van der Waals surface area contributed by atoms with Gasteiger partial charge in [-0.15, -0.1) is 0 Å². The second kappa shape index (κ2) is 7.24. The number of rotatable bonds is 7. The summed E-state index contributed by atoms with van der Waals surface area (Å²) in [6.07, 6.45) is 2.84. The standard InChI is InChI=1S/C16H23N3O2/c1-12(11-21-2)18-16(20)10-19-9-13(7-8-17)14-5-3-4-6-15(14)19/h3-6,9,12H,7-8,10-11,17H2,1-2H3,(H,18,20). The number of aromatic nitrogens is 1. The Hall–Kier alpha value is -1.85. The lowest BCUT2D eigenvalue weighted by Crippen LogP contribution is -2.37. The Morgan fingerprint density at radius 1 is 1.43 bits per heavy atom. The van der Waals surface area contributed by atoms with Gasteiger partial charge in [0, 0.05) is 30.3 Å². The average Bonchev–Trinajstić information content (AvgIpc) is 2.78. The molecule has 0 saturated heterocycles. The number of hydrogen-bond donors (Lipinski definition) is 2. The van der Waals surface area contributed by atoms with Crippen LogP contribution in [0.5, 0.6) is 0 Å². The van der Waals surface area contributed by atoms with Gasteiger partial charge in [0.15, 0.2) is 0 Å². The molecule has 2 rings (SSSR count). The number of carbonyl (C=O) groups is 1. The molecule has 0 fully saturated rings. The largest absolute Gasteiger partial charge is 0.383 e. The Bertz CT molecular complexity index is 607. The molecule has 1 aromatic carbocycles. The number of benzene rings is 1. The highest BCUT2D eigenvalue weighted by atomic mass is 16.5. The lowest BCUT2D eigenvalue weighted by atomic mass is 10.1. The number of hydrogen-bond acceptors (Lipinski definition) is 3. The molecule has 0 aliphatic carbocycles. The molecule has 0 aliphatic heterocycles. The van der Waals surface area contributed by atoms with E-state index < -0.39 is 0 Å². The molecule has 3 N–H and O–H groups in total. The topological polar surface area (TPSA) is 69.3 Å². The summed E-state index contributed by atoms with van der Waals surface area (Å²) in [6.45, 7) is 3.34. The number of fused-ring (bicyclic) bond motifs is 1. The highest BCUT2D eigenvalue weighted by molar-refractivity contribution is 5.86. The molecule has 1 amide bonds. The Labute approximate surface area is 125 Å². The number of nitrogens with two attached hydrogens (primary N) is 1. The minimum Gasteiger partial charge on any atom is -0.383 e. The molecule has 0 spiro atoms. The third-order valence-electron chi connectivity index (χ3n) is 3.42. The molecule has 1 aromatic heterocycles. The van der Waals surface area contributed by atoms with Gasteiger partial charge in [-0.3, -0.25) is 4.79 Å². The van der Waals surface area contributed by atoms with Crippen molar-refractivity contribution in [3.05, 3.63) is 36.0 Å². The molecule has 1 heterocycles. The molecule has 21 heavy (non-hydrogen) atoms. The quantitative estimate of drug-likeness (QED) is 0.807. The number of nitrogens with zero attached hydrogens (tertiary/aromatic N) is 1. The van der Waals surface area contributed by atoms with E-state index in [0.29, 0.717) is 19.7 Å². The van der Waals surface area contributed by atoms with Gasteiger partial charge in [0.1, 0.15) is 6.54 Å². The van der Waals surface area contributed by atoms with Gasteiger partial charge in [0.2, 0.25) is 5.91 Å². The lowest BCUT2D eigenvalue weighted by Gasteiger charge is -2.13. The zero-order valence-corrected chi connectivity index (χ0v) is 12.6. The van der Waals surface area contributed by atoms with Crippen molar-refractivity contribution in [2.24, 2.45) is 5.73 Å². The predicted molar refractivity (Wildman–Crippen MR) is 84.2 cm³/mol. The van der Waals surface area contributed by atoms with Gasteiger partial charge in [-0.05, 0) is 31.5 Å². The van der Waals surface area contributed by atoms with Crippen LogP contribution in [-0.4, -0.2) is 36.8 Å². The number of amides is 1. The molecule has 5 heteroatoms. The normalized spacial score (nSPS) is 12.5.